The van der Waals surface area contributed by atoms with E-state index in [0.29, 0.717) is 39.3 Å². The molecule has 0 radical (unpaired) electrons. The first-order chi connectivity index (χ1) is 14.8. The summed E-state index contributed by atoms with van der Waals surface area (Å²) in [7, 11) is 0. The Labute approximate surface area is 191 Å². The van der Waals surface area contributed by atoms with Gasteiger partial charge in [-0.2, -0.15) is 0 Å². The predicted molar refractivity (Wildman–Crippen MR) is 121 cm³/mol. The Morgan fingerprint density at radius 3 is 2.16 bits per heavy atom. The monoisotopic (exact) mass is 453 g/mol. The van der Waals surface area contributed by atoms with E-state index in [1.165, 1.54) is 12.2 Å². The highest BCUT2D eigenvalue weighted by atomic mass is 16.5. The summed E-state index contributed by atoms with van der Waals surface area (Å²) in [4.78, 5) is 48.3. The van der Waals surface area contributed by atoms with Crippen LogP contribution in [0.3, 0.4) is 0 Å². The van der Waals surface area contributed by atoms with E-state index in [1.54, 1.807) is 0 Å². The van der Waals surface area contributed by atoms with Gasteiger partial charge in [-0.3, -0.25) is 24.1 Å². The smallest absolute Gasteiger partial charge is 0.253 e. The first-order valence-corrected chi connectivity index (χ1v) is 11.1. The van der Waals surface area contributed by atoms with Crippen molar-refractivity contribution in [2.24, 2.45) is 10.8 Å². The van der Waals surface area contributed by atoms with Gasteiger partial charge in [0.2, 0.25) is 11.8 Å². The molecule has 0 atom stereocenters. The zero-order valence-corrected chi connectivity index (χ0v) is 20.3. The molecule has 0 fully saturated rings. The molecular weight excluding hydrogens is 414 g/mol. The molecule has 32 heavy (non-hydrogen) atoms. The van der Waals surface area contributed by atoms with E-state index in [0.717, 1.165) is 4.90 Å². The third-order valence-corrected chi connectivity index (χ3v) is 4.73. The van der Waals surface area contributed by atoms with Gasteiger partial charge in [0.25, 0.3) is 11.8 Å². The van der Waals surface area contributed by atoms with E-state index in [9.17, 15) is 19.2 Å². The summed E-state index contributed by atoms with van der Waals surface area (Å²) in [5, 5.41) is 5.68. The molecule has 4 amide bonds. The minimum atomic E-state index is -0.392. The van der Waals surface area contributed by atoms with Gasteiger partial charge in [0.1, 0.15) is 0 Å². The first-order valence-electron chi connectivity index (χ1n) is 11.1. The highest BCUT2D eigenvalue weighted by Crippen LogP contribution is 2.23. The normalized spacial score (nSPS) is 14.4. The Balaban J connectivity index is 2.25. The van der Waals surface area contributed by atoms with E-state index < -0.39 is 11.8 Å². The molecule has 1 aliphatic heterocycles. The van der Waals surface area contributed by atoms with Crippen molar-refractivity contribution < 1.29 is 28.7 Å². The van der Waals surface area contributed by atoms with Gasteiger partial charge in [-0.1, -0.05) is 27.7 Å². The van der Waals surface area contributed by atoms with Gasteiger partial charge >= 0.3 is 0 Å². The molecule has 1 heterocycles. The van der Waals surface area contributed by atoms with Gasteiger partial charge < -0.3 is 20.1 Å². The largest absolute Gasteiger partial charge is 0.380 e. The van der Waals surface area contributed by atoms with Crippen molar-refractivity contribution in [3.05, 3.63) is 12.2 Å². The third kappa shape index (κ3) is 11.4. The average Bonchev–Trinajstić information content (AvgIpc) is 2.99. The molecule has 182 valence electrons. The molecule has 0 unspecified atom stereocenters. The summed E-state index contributed by atoms with van der Waals surface area (Å²) in [6, 6.07) is 0. The summed E-state index contributed by atoms with van der Waals surface area (Å²) in [6.07, 6.45) is 2.94. The topological polar surface area (TPSA) is 114 Å². The second-order valence-corrected chi connectivity index (χ2v) is 9.96. The fourth-order valence-corrected chi connectivity index (χ4v) is 2.98. The van der Waals surface area contributed by atoms with Crippen LogP contribution < -0.4 is 10.6 Å². The maximum atomic E-state index is 12.1. The molecule has 1 rings (SSSR count). The number of imide groups is 1. The van der Waals surface area contributed by atoms with Crippen LogP contribution in [0, 0.1) is 10.8 Å². The van der Waals surface area contributed by atoms with E-state index in [1.807, 2.05) is 41.5 Å². The summed E-state index contributed by atoms with van der Waals surface area (Å²) in [5.74, 6) is -1.06. The summed E-state index contributed by atoms with van der Waals surface area (Å²) < 4.78 is 11.3. The number of ether oxygens (including phenoxy) is 2. The number of nitrogens with zero attached hydrogens (tertiary/aromatic N) is 1. The second-order valence-electron chi connectivity index (χ2n) is 9.96. The van der Waals surface area contributed by atoms with E-state index in [-0.39, 0.29) is 41.7 Å². The SMILES string of the molecule is CC(C)OCCNC(=O)CC(C)(C)COCC(C)(C)CNC(=O)CCN1C(=O)C=CC1=O. The van der Waals surface area contributed by atoms with Crippen molar-refractivity contribution >= 4 is 23.6 Å². The van der Waals surface area contributed by atoms with Crippen molar-refractivity contribution in [1.29, 1.82) is 0 Å². The van der Waals surface area contributed by atoms with Gasteiger partial charge in [-0.25, -0.2) is 0 Å². The number of carbonyl (C=O) groups is 4. The second kappa shape index (κ2) is 12.7. The molecule has 0 saturated heterocycles. The highest BCUT2D eigenvalue weighted by Gasteiger charge is 2.26. The Kier molecular flexibility index (Phi) is 11.0. The van der Waals surface area contributed by atoms with Crippen molar-refractivity contribution in [1.82, 2.24) is 15.5 Å². The molecule has 0 saturated carbocycles. The molecular formula is C23H39N3O6. The molecule has 0 aromatic heterocycles. The number of hydrogen-bond donors (Lipinski definition) is 2. The number of carbonyl (C=O) groups excluding carboxylic acids is 4. The van der Waals surface area contributed by atoms with Crippen LogP contribution >= 0.6 is 0 Å². The minimum absolute atomic E-state index is 0.0392. The van der Waals surface area contributed by atoms with Gasteiger partial charge in [0, 0.05) is 50.0 Å². The van der Waals surface area contributed by atoms with Crippen molar-refractivity contribution in [2.45, 2.75) is 60.5 Å². The molecule has 0 spiro atoms. The maximum absolute atomic E-state index is 12.1. The van der Waals surface area contributed by atoms with Gasteiger partial charge in [-0.15, -0.1) is 0 Å². The van der Waals surface area contributed by atoms with E-state index >= 15 is 0 Å². The predicted octanol–water partition coefficient (Wildman–Crippen LogP) is 1.42. The minimum Gasteiger partial charge on any atom is -0.380 e. The van der Waals surface area contributed by atoms with Crippen molar-refractivity contribution in [3.63, 3.8) is 0 Å². The number of amides is 4. The molecule has 9 nitrogen and oxygen atoms in total. The summed E-state index contributed by atoms with van der Waals surface area (Å²) in [5.41, 5.74) is -0.645. The molecule has 2 N–H and O–H groups in total. The lowest BCUT2D eigenvalue weighted by Gasteiger charge is -2.29. The van der Waals surface area contributed by atoms with Crippen LogP contribution in [0.15, 0.2) is 12.2 Å². The number of rotatable bonds is 15. The zero-order chi connectivity index (χ0) is 24.4. The van der Waals surface area contributed by atoms with Crippen LogP contribution in [-0.4, -0.2) is 74.1 Å². The Morgan fingerprint density at radius 1 is 0.969 bits per heavy atom. The van der Waals surface area contributed by atoms with Gasteiger partial charge in [-0.05, 0) is 19.3 Å². The van der Waals surface area contributed by atoms with Crippen molar-refractivity contribution in [3.8, 4) is 0 Å². The Bertz CT molecular complexity index is 682. The first kappa shape index (κ1) is 27.8. The lowest BCUT2D eigenvalue weighted by atomic mass is 9.89. The van der Waals surface area contributed by atoms with Crippen LogP contribution in [0.5, 0.6) is 0 Å². The Hall–Kier alpha value is -2.26. The third-order valence-electron chi connectivity index (χ3n) is 4.73. The van der Waals surface area contributed by atoms with Crippen LogP contribution in [0.2, 0.25) is 0 Å². The molecule has 0 aromatic carbocycles. The summed E-state index contributed by atoms with van der Waals surface area (Å²) in [6.45, 7) is 14.0. The lowest BCUT2D eigenvalue weighted by Crippen LogP contribution is -2.40. The molecule has 1 aliphatic rings. The van der Waals surface area contributed by atoms with Crippen LogP contribution in [-0.2, 0) is 28.7 Å². The molecule has 9 heteroatoms. The van der Waals surface area contributed by atoms with Crippen LogP contribution in [0.25, 0.3) is 0 Å². The average molecular weight is 454 g/mol. The van der Waals surface area contributed by atoms with E-state index in [2.05, 4.69) is 10.6 Å². The standard InChI is InChI=1S/C23H39N3O6/c1-17(2)32-12-10-24-19(28)13-22(3,4)15-31-16-23(5,6)14-25-18(27)9-11-26-20(29)7-8-21(26)30/h7-8,17H,9-16H2,1-6H3,(H,24,28)(H,25,27). The fourth-order valence-electron chi connectivity index (χ4n) is 2.98. The molecule has 0 bridgehead atoms. The Morgan fingerprint density at radius 2 is 1.56 bits per heavy atom. The number of nitrogens with one attached hydrogen (secondary N) is 2. The fraction of sp³-hybridized carbons (Fsp3) is 0.739. The quantitative estimate of drug-likeness (QED) is 0.286. The van der Waals surface area contributed by atoms with Gasteiger partial charge in [0.15, 0.2) is 0 Å². The van der Waals surface area contributed by atoms with Crippen molar-refractivity contribution in [2.75, 3.05) is 39.5 Å². The lowest BCUT2D eigenvalue weighted by molar-refractivity contribution is -0.137. The van der Waals surface area contributed by atoms with Gasteiger partial charge in [0.05, 0.1) is 25.9 Å². The van der Waals surface area contributed by atoms with Crippen LogP contribution in [0.4, 0.5) is 0 Å². The maximum Gasteiger partial charge on any atom is 0.253 e. The van der Waals surface area contributed by atoms with E-state index in [4.69, 9.17) is 9.47 Å². The number of hydrogen-bond acceptors (Lipinski definition) is 6. The molecule has 0 aliphatic carbocycles. The highest BCUT2D eigenvalue weighted by molar-refractivity contribution is 6.13. The summed E-state index contributed by atoms with van der Waals surface area (Å²) >= 11 is 0. The van der Waals surface area contributed by atoms with Crippen LogP contribution in [0.1, 0.15) is 54.4 Å². The molecule has 0 aromatic rings. The zero-order valence-electron chi connectivity index (χ0n) is 20.3.